The van der Waals surface area contributed by atoms with Gasteiger partial charge in [-0.05, 0) is 31.7 Å². The quantitative estimate of drug-likeness (QED) is 0.612. The highest BCUT2D eigenvalue weighted by molar-refractivity contribution is 7.17. The van der Waals surface area contributed by atoms with Gasteiger partial charge in [-0.25, -0.2) is 0 Å². The third-order valence-corrected chi connectivity index (χ3v) is 4.24. The molecule has 0 aromatic carbocycles. The van der Waals surface area contributed by atoms with Gasteiger partial charge in [0, 0.05) is 19.2 Å². The van der Waals surface area contributed by atoms with Crippen molar-refractivity contribution in [2.75, 3.05) is 7.05 Å². The van der Waals surface area contributed by atoms with E-state index in [-0.39, 0.29) is 17.0 Å². The molecule has 1 unspecified atom stereocenters. The van der Waals surface area contributed by atoms with E-state index in [2.05, 4.69) is 0 Å². The summed E-state index contributed by atoms with van der Waals surface area (Å²) in [5.74, 6) is 0.474. The topological polar surface area (TPSA) is 63.5 Å². The van der Waals surface area contributed by atoms with Gasteiger partial charge < -0.3 is 4.90 Å². The van der Waals surface area contributed by atoms with Crippen LogP contribution in [0.5, 0.6) is 0 Å². The van der Waals surface area contributed by atoms with Crippen LogP contribution in [-0.4, -0.2) is 28.8 Å². The van der Waals surface area contributed by atoms with Crippen molar-refractivity contribution in [3.63, 3.8) is 0 Å². The number of carbonyl (C=O) groups is 1. The number of rotatable bonds is 4. The normalized spacial score (nSPS) is 16.6. The molecule has 0 bridgehead atoms. The molecule has 0 aliphatic heterocycles. The summed E-state index contributed by atoms with van der Waals surface area (Å²) in [6.07, 6.45) is 2.34. The first-order valence-corrected chi connectivity index (χ1v) is 6.33. The van der Waals surface area contributed by atoms with Crippen molar-refractivity contribution >= 4 is 22.2 Å². The average molecular weight is 254 g/mol. The van der Waals surface area contributed by atoms with E-state index < -0.39 is 4.92 Å². The molecule has 92 valence electrons. The summed E-state index contributed by atoms with van der Waals surface area (Å²) in [7, 11) is 1.76. The second kappa shape index (κ2) is 4.44. The highest BCUT2D eigenvalue weighted by Crippen LogP contribution is 2.35. The van der Waals surface area contributed by atoms with Gasteiger partial charge in [0.2, 0.25) is 0 Å². The van der Waals surface area contributed by atoms with Gasteiger partial charge in [0.25, 0.3) is 5.91 Å². The number of hydrogen-bond donors (Lipinski definition) is 0. The Morgan fingerprint density at radius 1 is 1.59 bits per heavy atom. The van der Waals surface area contributed by atoms with Gasteiger partial charge >= 0.3 is 5.00 Å². The summed E-state index contributed by atoms with van der Waals surface area (Å²) < 4.78 is 0. The number of amides is 1. The lowest BCUT2D eigenvalue weighted by Gasteiger charge is -2.24. The molecule has 1 amide bonds. The van der Waals surface area contributed by atoms with Crippen molar-refractivity contribution in [3.8, 4) is 0 Å². The van der Waals surface area contributed by atoms with Crippen LogP contribution in [0, 0.1) is 16.0 Å². The molecular formula is C11H14N2O3S. The van der Waals surface area contributed by atoms with Gasteiger partial charge in [-0.3, -0.25) is 14.9 Å². The van der Waals surface area contributed by atoms with Gasteiger partial charge in [-0.15, -0.1) is 0 Å². The molecule has 17 heavy (non-hydrogen) atoms. The molecule has 2 rings (SSSR count). The van der Waals surface area contributed by atoms with E-state index in [0.717, 1.165) is 11.3 Å². The molecule has 0 spiro atoms. The van der Waals surface area contributed by atoms with Crippen LogP contribution in [-0.2, 0) is 0 Å². The van der Waals surface area contributed by atoms with Crippen LogP contribution in [0.25, 0.3) is 0 Å². The van der Waals surface area contributed by atoms with Crippen molar-refractivity contribution in [2.45, 2.75) is 25.8 Å². The van der Waals surface area contributed by atoms with Crippen molar-refractivity contribution in [3.05, 3.63) is 27.1 Å². The average Bonchev–Trinajstić information content (AvgIpc) is 3.03. The number of hydrogen-bond acceptors (Lipinski definition) is 4. The fourth-order valence-electron chi connectivity index (χ4n) is 1.79. The molecule has 1 aromatic rings. The van der Waals surface area contributed by atoms with Crippen LogP contribution in [0.2, 0.25) is 0 Å². The monoisotopic (exact) mass is 254 g/mol. The van der Waals surface area contributed by atoms with Gasteiger partial charge in [-0.1, -0.05) is 11.3 Å². The molecule has 5 nitrogen and oxygen atoms in total. The van der Waals surface area contributed by atoms with E-state index in [1.165, 1.54) is 25.0 Å². The zero-order chi connectivity index (χ0) is 12.6. The largest absolute Gasteiger partial charge is 0.338 e. The van der Waals surface area contributed by atoms with Crippen molar-refractivity contribution in [1.29, 1.82) is 0 Å². The predicted octanol–water partition coefficient (Wildman–Crippen LogP) is 2.53. The zero-order valence-electron chi connectivity index (χ0n) is 9.75. The maximum absolute atomic E-state index is 12.1. The molecule has 1 atom stereocenters. The summed E-state index contributed by atoms with van der Waals surface area (Å²) in [6.45, 7) is 2.03. The van der Waals surface area contributed by atoms with E-state index in [4.69, 9.17) is 0 Å². The molecule has 1 aliphatic carbocycles. The number of nitro groups is 1. The van der Waals surface area contributed by atoms with Gasteiger partial charge in [-0.2, -0.15) is 0 Å². The Labute approximate surface area is 103 Å². The lowest BCUT2D eigenvalue weighted by atomic mass is 10.2. The zero-order valence-corrected chi connectivity index (χ0v) is 10.6. The third-order valence-electron chi connectivity index (χ3n) is 3.22. The number of nitrogens with zero attached hydrogens (tertiary/aromatic N) is 2. The van der Waals surface area contributed by atoms with E-state index >= 15 is 0 Å². The SMILES string of the molecule is CC(C1CC1)N(C)C(=O)c1ccc([N+](=O)[O-])s1. The van der Waals surface area contributed by atoms with Gasteiger partial charge in [0.1, 0.15) is 0 Å². The lowest BCUT2D eigenvalue weighted by Crippen LogP contribution is -2.35. The Balaban J connectivity index is 2.09. The summed E-state index contributed by atoms with van der Waals surface area (Å²) in [5.41, 5.74) is 0. The van der Waals surface area contributed by atoms with E-state index in [0.29, 0.717) is 10.8 Å². The van der Waals surface area contributed by atoms with Crippen LogP contribution in [0.1, 0.15) is 29.4 Å². The highest BCUT2D eigenvalue weighted by Gasteiger charge is 2.33. The first kappa shape index (κ1) is 12.0. The fourth-order valence-corrected chi connectivity index (χ4v) is 2.60. The van der Waals surface area contributed by atoms with Crippen molar-refractivity contribution < 1.29 is 9.72 Å². The summed E-state index contributed by atoms with van der Waals surface area (Å²) in [6, 6.07) is 3.12. The first-order valence-electron chi connectivity index (χ1n) is 5.52. The Morgan fingerprint density at radius 3 is 2.71 bits per heavy atom. The smallest absolute Gasteiger partial charge is 0.324 e. The minimum atomic E-state index is -0.467. The maximum Gasteiger partial charge on any atom is 0.324 e. The molecule has 1 saturated carbocycles. The Kier molecular flexibility index (Phi) is 3.15. The van der Waals surface area contributed by atoms with Crippen LogP contribution < -0.4 is 0 Å². The minimum absolute atomic E-state index is 0.0147. The molecule has 1 fully saturated rings. The Hall–Kier alpha value is -1.43. The van der Waals surface area contributed by atoms with Crippen molar-refractivity contribution in [2.24, 2.45) is 5.92 Å². The minimum Gasteiger partial charge on any atom is -0.338 e. The molecule has 1 aromatic heterocycles. The maximum atomic E-state index is 12.1. The Bertz CT molecular complexity index is 453. The molecule has 6 heteroatoms. The molecule has 1 heterocycles. The molecule has 0 N–H and O–H groups in total. The lowest BCUT2D eigenvalue weighted by molar-refractivity contribution is -0.380. The molecule has 0 saturated heterocycles. The molecule has 0 radical (unpaired) electrons. The standard InChI is InChI=1S/C11H14N2O3S/c1-7(8-3-4-8)12(2)11(14)9-5-6-10(17-9)13(15)16/h5-8H,3-4H2,1-2H3. The molecule has 1 aliphatic rings. The van der Waals surface area contributed by atoms with E-state index in [1.807, 2.05) is 6.92 Å². The van der Waals surface area contributed by atoms with E-state index in [9.17, 15) is 14.9 Å². The van der Waals surface area contributed by atoms with E-state index in [1.54, 1.807) is 11.9 Å². The molecular weight excluding hydrogens is 240 g/mol. The van der Waals surface area contributed by atoms with Crippen molar-refractivity contribution in [1.82, 2.24) is 4.90 Å². The second-order valence-electron chi connectivity index (χ2n) is 4.39. The summed E-state index contributed by atoms with van der Waals surface area (Å²) in [4.78, 5) is 24.3. The fraction of sp³-hybridized carbons (Fsp3) is 0.545. The summed E-state index contributed by atoms with van der Waals surface area (Å²) >= 11 is 0.937. The number of thiophene rings is 1. The van der Waals surface area contributed by atoms with Gasteiger partial charge in [0.15, 0.2) is 0 Å². The summed E-state index contributed by atoms with van der Waals surface area (Å²) in [5, 5.41) is 10.6. The highest BCUT2D eigenvalue weighted by atomic mass is 32.1. The predicted molar refractivity (Wildman–Crippen MR) is 65.3 cm³/mol. The Morgan fingerprint density at radius 2 is 2.24 bits per heavy atom. The van der Waals surface area contributed by atoms with Crippen LogP contribution in [0.4, 0.5) is 5.00 Å². The second-order valence-corrected chi connectivity index (χ2v) is 5.45. The van der Waals surface area contributed by atoms with Gasteiger partial charge in [0.05, 0.1) is 9.80 Å². The van der Waals surface area contributed by atoms with Crippen LogP contribution in [0.15, 0.2) is 12.1 Å². The third kappa shape index (κ3) is 2.46. The first-order chi connectivity index (χ1) is 8.00. The van der Waals surface area contributed by atoms with Crippen LogP contribution >= 0.6 is 11.3 Å². The van der Waals surface area contributed by atoms with Crippen LogP contribution in [0.3, 0.4) is 0 Å². The number of carbonyl (C=O) groups excluding carboxylic acids is 1.